The first kappa shape index (κ1) is 17.4. The van der Waals surface area contributed by atoms with Gasteiger partial charge in [-0.2, -0.15) is 0 Å². The molecule has 1 aliphatic rings. The first-order valence-corrected chi connectivity index (χ1v) is 7.56. The van der Waals surface area contributed by atoms with Crippen molar-refractivity contribution in [2.75, 3.05) is 52.7 Å². The topological polar surface area (TPSA) is 68.8 Å². The summed E-state index contributed by atoms with van der Waals surface area (Å²) in [5.74, 6) is 0.123. The van der Waals surface area contributed by atoms with Crippen LogP contribution in [-0.2, 0) is 19.0 Å². The molecule has 1 atom stereocenters. The highest BCUT2D eigenvalue weighted by molar-refractivity contribution is 5.78. The Balaban J connectivity index is 1.71. The second kappa shape index (κ2) is 12.1. The zero-order valence-corrected chi connectivity index (χ0v) is 12.5. The number of carbonyl (C=O) groups excluding carboxylic acids is 1. The van der Waals surface area contributed by atoms with E-state index in [9.17, 15) is 4.79 Å². The summed E-state index contributed by atoms with van der Waals surface area (Å²) in [4.78, 5) is 11.0. The molecule has 1 saturated heterocycles. The molecular formula is C14H28N2O4. The number of carbonyl (C=O) groups is 1. The van der Waals surface area contributed by atoms with Crippen LogP contribution in [0.25, 0.3) is 0 Å². The van der Waals surface area contributed by atoms with Gasteiger partial charge in [0.15, 0.2) is 0 Å². The maximum Gasteiger partial charge on any atom is 0.221 e. The molecule has 2 N–H and O–H groups in total. The van der Waals surface area contributed by atoms with Crippen LogP contribution in [0.4, 0.5) is 0 Å². The van der Waals surface area contributed by atoms with E-state index in [1.807, 2.05) is 0 Å². The molecular weight excluding hydrogens is 260 g/mol. The molecule has 1 heterocycles. The molecule has 1 aliphatic heterocycles. The monoisotopic (exact) mass is 288 g/mol. The van der Waals surface area contributed by atoms with E-state index in [4.69, 9.17) is 14.2 Å². The molecule has 0 aromatic carbocycles. The van der Waals surface area contributed by atoms with Gasteiger partial charge in [-0.15, -0.1) is 0 Å². The number of ether oxygens (including phenoxy) is 3. The van der Waals surface area contributed by atoms with Crippen molar-refractivity contribution in [1.82, 2.24) is 10.6 Å². The van der Waals surface area contributed by atoms with Crippen molar-refractivity contribution < 1.29 is 19.0 Å². The Labute approximate surface area is 121 Å². The molecule has 1 rings (SSSR count). The predicted octanol–water partition coefficient (Wildman–Crippen LogP) is 0.314. The highest BCUT2D eigenvalue weighted by atomic mass is 16.5. The summed E-state index contributed by atoms with van der Waals surface area (Å²) in [6.45, 7) is 7.57. The van der Waals surface area contributed by atoms with Crippen molar-refractivity contribution in [3.63, 3.8) is 0 Å². The first-order chi connectivity index (χ1) is 9.83. The van der Waals surface area contributed by atoms with Crippen molar-refractivity contribution in [2.45, 2.75) is 32.2 Å². The summed E-state index contributed by atoms with van der Waals surface area (Å²) in [6.07, 6.45) is 2.84. The van der Waals surface area contributed by atoms with Crippen molar-refractivity contribution in [3.05, 3.63) is 0 Å². The number of nitrogens with one attached hydrogen (secondary N) is 2. The zero-order chi connectivity index (χ0) is 14.5. The summed E-state index contributed by atoms with van der Waals surface area (Å²) < 4.78 is 16.2. The third-order valence-corrected chi connectivity index (χ3v) is 3.04. The Bertz CT molecular complexity index is 251. The van der Waals surface area contributed by atoms with E-state index in [1.165, 1.54) is 0 Å². The molecule has 0 radical (unpaired) electrons. The van der Waals surface area contributed by atoms with E-state index < -0.39 is 0 Å². The quantitative estimate of drug-likeness (QED) is 0.478. The lowest BCUT2D eigenvalue weighted by molar-refractivity contribution is -0.119. The second-order valence-electron chi connectivity index (χ2n) is 4.85. The van der Waals surface area contributed by atoms with E-state index >= 15 is 0 Å². The largest absolute Gasteiger partial charge is 0.379 e. The third kappa shape index (κ3) is 9.25. The molecule has 1 unspecified atom stereocenters. The average molecular weight is 288 g/mol. The lowest BCUT2D eigenvalue weighted by atomic mass is 10.2. The van der Waals surface area contributed by atoms with E-state index in [-0.39, 0.29) is 11.9 Å². The summed E-state index contributed by atoms with van der Waals surface area (Å²) in [5, 5.41) is 6.06. The van der Waals surface area contributed by atoms with Crippen LogP contribution in [0.2, 0.25) is 0 Å². The molecule has 6 heteroatoms. The number of unbranched alkanes of at least 4 members (excludes halogenated alkanes) is 1. The van der Waals surface area contributed by atoms with Crippen LogP contribution in [0, 0.1) is 0 Å². The highest BCUT2D eigenvalue weighted by Crippen LogP contribution is 1.97. The van der Waals surface area contributed by atoms with Gasteiger partial charge in [0.2, 0.25) is 5.91 Å². The van der Waals surface area contributed by atoms with Crippen LogP contribution in [0.5, 0.6) is 0 Å². The van der Waals surface area contributed by atoms with Gasteiger partial charge >= 0.3 is 0 Å². The Hall–Kier alpha value is -0.690. The molecule has 0 saturated carbocycles. The van der Waals surface area contributed by atoms with Gasteiger partial charge in [-0.3, -0.25) is 4.79 Å². The van der Waals surface area contributed by atoms with Gasteiger partial charge in [-0.1, -0.05) is 13.3 Å². The molecule has 1 amide bonds. The van der Waals surface area contributed by atoms with Crippen LogP contribution in [0.1, 0.15) is 26.2 Å². The third-order valence-electron chi connectivity index (χ3n) is 3.04. The van der Waals surface area contributed by atoms with Crippen molar-refractivity contribution in [2.24, 2.45) is 0 Å². The molecule has 0 spiro atoms. The number of rotatable bonds is 13. The van der Waals surface area contributed by atoms with E-state index in [2.05, 4.69) is 17.6 Å². The van der Waals surface area contributed by atoms with E-state index in [0.29, 0.717) is 39.5 Å². The molecule has 1 fully saturated rings. The van der Waals surface area contributed by atoms with E-state index in [1.54, 1.807) is 0 Å². The van der Waals surface area contributed by atoms with Gasteiger partial charge in [-0.05, 0) is 6.42 Å². The fourth-order valence-corrected chi connectivity index (χ4v) is 1.87. The van der Waals surface area contributed by atoms with Crippen molar-refractivity contribution >= 4 is 5.91 Å². The Morgan fingerprint density at radius 3 is 2.35 bits per heavy atom. The van der Waals surface area contributed by atoms with Crippen molar-refractivity contribution in [3.8, 4) is 0 Å². The Kier molecular flexibility index (Phi) is 10.5. The molecule has 0 aliphatic carbocycles. The van der Waals surface area contributed by atoms with Gasteiger partial charge in [0.25, 0.3) is 0 Å². The molecule has 20 heavy (non-hydrogen) atoms. The minimum atomic E-state index is 0.123. The molecule has 6 nitrogen and oxygen atoms in total. The second-order valence-corrected chi connectivity index (χ2v) is 4.85. The lowest BCUT2D eigenvalue weighted by Gasteiger charge is -2.10. The number of hydrogen-bond donors (Lipinski definition) is 2. The molecule has 0 aromatic heterocycles. The first-order valence-electron chi connectivity index (χ1n) is 7.56. The molecule has 0 aromatic rings. The normalized spacial score (nSPS) is 18.4. The minimum Gasteiger partial charge on any atom is -0.379 e. The van der Waals surface area contributed by atoms with Crippen LogP contribution in [-0.4, -0.2) is 64.7 Å². The Morgan fingerprint density at radius 1 is 1.10 bits per heavy atom. The van der Waals surface area contributed by atoms with Crippen molar-refractivity contribution in [1.29, 1.82) is 0 Å². The van der Waals surface area contributed by atoms with Gasteiger partial charge in [0, 0.05) is 32.2 Å². The fourth-order valence-electron chi connectivity index (χ4n) is 1.87. The van der Waals surface area contributed by atoms with Crippen LogP contribution >= 0.6 is 0 Å². The SMILES string of the molecule is CCCCOCCOCCOCCNC1CNC(=O)C1. The maximum absolute atomic E-state index is 11.0. The standard InChI is InChI=1S/C14H28N2O4/c1-2-3-5-18-7-9-20-10-8-19-6-4-15-13-11-14(17)16-12-13/h13,15H,2-12H2,1H3,(H,16,17). The number of hydrogen-bond acceptors (Lipinski definition) is 5. The van der Waals surface area contributed by atoms with Crippen LogP contribution in [0.15, 0.2) is 0 Å². The highest BCUT2D eigenvalue weighted by Gasteiger charge is 2.19. The molecule has 0 bridgehead atoms. The Morgan fingerprint density at radius 2 is 1.75 bits per heavy atom. The summed E-state index contributed by atoms with van der Waals surface area (Å²) in [6, 6.07) is 0.252. The maximum atomic E-state index is 11.0. The van der Waals surface area contributed by atoms with Gasteiger partial charge in [0.05, 0.1) is 33.0 Å². The smallest absolute Gasteiger partial charge is 0.221 e. The lowest BCUT2D eigenvalue weighted by Crippen LogP contribution is -2.33. The molecule has 118 valence electrons. The van der Waals surface area contributed by atoms with Gasteiger partial charge in [-0.25, -0.2) is 0 Å². The van der Waals surface area contributed by atoms with E-state index in [0.717, 1.165) is 32.5 Å². The number of amides is 1. The summed E-state index contributed by atoms with van der Waals surface area (Å²) >= 11 is 0. The van der Waals surface area contributed by atoms with Gasteiger partial charge in [0.1, 0.15) is 0 Å². The van der Waals surface area contributed by atoms with Gasteiger partial charge < -0.3 is 24.8 Å². The fraction of sp³-hybridized carbons (Fsp3) is 0.929. The zero-order valence-electron chi connectivity index (χ0n) is 12.5. The predicted molar refractivity (Wildman–Crippen MR) is 76.8 cm³/mol. The van der Waals surface area contributed by atoms with Crippen LogP contribution in [0.3, 0.4) is 0 Å². The summed E-state index contributed by atoms with van der Waals surface area (Å²) in [5.41, 5.74) is 0. The van der Waals surface area contributed by atoms with Crippen LogP contribution < -0.4 is 10.6 Å². The summed E-state index contributed by atoms with van der Waals surface area (Å²) in [7, 11) is 0. The average Bonchev–Trinajstić information content (AvgIpc) is 2.86. The minimum absolute atomic E-state index is 0.123.